The topological polar surface area (TPSA) is 52.6 Å². The summed E-state index contributed by atoms with van der Waals surface area (Å²) in [5.41, 5.74) is 2.51. The molecule has 1 saturated carbocycles. The molecule has 0 spiro atoms. The maximum atomic E-state index is 10.9. The molecule has 0 saturated heterocycles. The van der Waals surface area contributed by atoms with E-state index in [2.05, 4.69) is 34.5 Å². The SMILES string of the molecule is CN(C)c1ccc(CNCC2CCC(C(=O)O)CC2)cc1. The van der Waals surface area contributed by atoms with Crippen molar-refractivity contribution in [2.45, 2.75) is 32.2 Å². The smallest absolute Gasteiger partial charge is 0.306 e. The van der Waals surface area contributed by atoms with Crippen LogP contribution in [-0.4, -0.2) is 31.7 Å². The summed E-state index contributed by atoms with van der Waals surface area (Å²) in [4.78, 5) is 13.0. The van der Waals surface area contributed by atoms with E-state index >= 15 is 0 Å². The molecule has 1 aromatic rings. The fourth-order valence-corrected chi connectivity index (χ4v) is 2.95. The number of benzene rings is 1. The molecule has 2 rings (SSSR count). The predicted octanol–water partition coefficient (Wildman–Crippen LogP) is 2.73. The molecule has 0 aliphatic heterocycles. The van der Waals surface area contributed by atoms with Crippen molar-refractivity contribution in [3.63, 3.8) is 0 Å². The summed E-state index contributed by atoms with van der Waals surface area (Å²) in [5.74, 6) is -0.108. The number of carboxylic acid groups (broad SMARTS) is 1. The zero-order valence-electron chi connectivity index (χ0n) is 13.0. The Morgan fingerprint density at radius 3 is 2.33 bits per heavy atom. The number of nitrogens with zero attached hydrogens (tertiary/aromatic N) is 1. The minimum Gasteiger partial charge on any atom is -0.481 e. The normalized spacial score (nSPS) is 22.0. The van der Waals surface area contributed by atoms with Crippen molar-refractivity contribution in [2.75, 3.05) is 25.5 Å². The largest absolute Gasteiger partial charge is 0.481 e. The first-order chi connectivity index (χ1) is 10.1. The van der Waals surface area contributed by atoms with Crippen LogP contribution in [0.4, 0.5) is 5.69 Å². The average molecular weight is 290 g/mol. The molecule has 0 radical (unpaired) electrons. The standard InChI is InChI=1S/C17H26N2O2/c1-19(2)16-9-5-14(6-10-16)12-18-11-13-3-7-15(8-4-13)17(20)21/h5-6,9-10,13,15,18H,3-4,7-8,11-12H2,1-2H3,(H,20,21). The zero-order valence-corrected chi connectivity index (χ0v) is 13.0. The number of carbonyl (C=O) groups is 1. The Balaban J connectivity index is 1.69. The van der Waals surface area contributed by atoms with Crippen LogP contribution in [0.5, 0.6) is 0 Å². The van der Waals surface area contributed by atoms with E-state index in [1.165, 1.54) is 11.3 Å². The average Bonchev–Trinajstić information content (AvgIpc) is 2.48. The van der Waals surface area contributed by atoms with Crippen molar-refractivity contribution < 1.29 is 9.90 Å². The highest BCUT2D eigenvalue weighted by atomic mass is 16.4. The third-order valence-corrected chi connectivity index (χ3v) is 4.41. The van der Waals surface area contributed by atoms with Gasteiger partial charge in [0.1, 0.15) is 0 Å². The van der Waals surface area contributed by atoms with Crippen LogP contribution in [0.15, 0.2) is 24.3 Å². The molecule has 0 unspecified atom stereocenters. The third kappa shape index (κ3) is 4.74. The van der Waals surface area contributed by atoms with Gasteiger partial charge in [0.2, 0.25) is 0 Å². The molecule has 0 bridgehead atoms. The van der Waals surface area contributed by atoms with Crippen molar-refractivity contribution in [3.8, 4) is 0 Å². The molecule has 0 heterocycles. The molecular weight excluding hydrogens is 264 g/mol. The lowest BCUT2D eigenvalue weighted by Gasteiger charge is -2.26. The molecule has 1 aliphatic carbocycles. The summed E-state index contributed by atoms with van der Waals surface area (Å²) in [7, 11) is 4.08. The van der Waals surface area contributed by atoms with Crippen LogP contribution in [0.25, 0.3) is 0 Å². The summed E-state index contributed by atoms with van der Waals surface area (Å²) >= 11 is 0. The second-order valence-corrected chi connectivity index (χ2v) is 6.25. The van der Waals surface area contributed by atoms with Gasteiger partial charge in [-0.15, -0.1) is 0 Å². The van der Waals surface area contributed by atoms with Gasteiger partial charge in [-0.1, -0.05) is 12.1 Å². The molecular formula is C17H26N2O2. The van der Waals surface area contributed by atoms with Gasteiger partial charge in [-0.05, 0) is 55.8 Å². The van der Waals surface area contributed by atoms with Gasteiger partial charge in [0.15, 0.2) is 0 Å². The van der Waals surface area contributed by atoms with Gasteiger partial charge >= 0.3 is 5.97 Å². The maximum absolute atomic E-state index is 10.9. The molecule has 1 aromatic carbocycles. The lowest BCUT2D eigenvalue weighted by molar-refractivity contribution is -0.143. The highest BCUT2D eigenvalue weighted by molar-refractivity contribution is 5.69. The molecule has 1 aliphatic rings. The highest BCUT2D eigenvalue weighted by Gasteiger charge is 2.25. The molecule has 2 N–H and O–H groups in total. The first-order valence-corrected chi connectivity index (χ1v) is 7.76. The van der Waals surface area contributed by atoms with Crippen LogP contribution in [0.3, 0.4) is 0 Å². The third-order valence-electron chi connectivity index (χ3n) is 4.41. The van der Waals surface area contributed by atoms with E-state index < -0.39 is 5.97 Å². The monoisotopic (exact) mass is 290 g/mol. The predicted molar refractivity (Wildman–Crippen MR) is 85.6 cm³/mol. The molecule has 0 aromatic heterocycles. The van der Waals surface area contributed by atoms with E-state index in [0.717, 1.165) is 38.8 Å². The van der Waals surface area contributed by atoms with Gasteiger partial charge in [-0.25, -0.2) is 0 Å². The second kappa shape index (κ2) is 7.46. The van der Waals surface area contributed by atoms with Crippen molar-refractivity contribution in [2.24, 2.45) is 11.8 Å². The van der Waals surface area contributed by atoms with Crippen LogP contribution >= 0.6 is 0 Å². The van der Waals surface area contributed by atoms with E-state index in [4.69, 9.17) is 5.11 Å². The van der Waals surface area contributed by atoms with E-state index in [9.17, 15) is 4.79 Å². The molecule has 116 valence electrons. The summed E-state index contributed by atoms with van der Waals surface area (Å²) in [6, 6.07) is 8.58. The second-order valence-electron chi connectivity index (χ2n) is 6.25. The molecule has 4 heteroatoms. The minimum atomic E-state index is -0.623. The number of anilines is 1. The molecule has 21 heavy (non-hydrogen) atoms. The number of hydrogen-bond acceptors (Lipinski definition) is 3. The van der Waals surface area contributed by atoms with Crippen molar-refractivity contribution in [3.05, 3.63) is 29.8 Å². The van der Waals surface area contributed by atoms with Crippen molar-refractivity contribution >= 4 is 11.7 Å². The Bertz CT molecular complexity index is 448. The summed E-state index contributed by atoms with van der Waals surface area (Å²) < 4.78 is 0. The van der Waals surface area contributed by atoms with Crippen LogP contribution < -0.4 is 10.2 Å². The van der Waals surface area contributed by atoms with Gasteiger partial charge in [-0.3, -0.25) is 4.79 Å². The van der Waals surface area contributed by atoms with Crippen LogP contribution in [-0.2, 0) is 11.3 Å². The molecule has 1 fully saturated rings. The van der Waals surface area contributed by atoms with Crippen LogP contribution in [0.1, 0.15) is 31.2 Å². The van der Waals surface area contributed by atoms with E-state index in [1.54, 1.807) is 0 Å². The van der Waals surface area contributed by atoms with Crippen molar-refractivity contribution in [1.82, 2.24) is 5.32 Å². The number of aliphatic carboxylic acids is 1. The van der Waals surface area contributed by atoms with Gasteiger partial charge in [0.05, 0.1) is 5.92 Å². The van der Waals surface area contributed by atoms with Crippen molar-refractivity contribution in [1.29, 1.82) is 0 Å². The summed E-state index contributed by atoms with van der Waals surface area (Å²) in [6.45, 7) is 1.87. The Hall–Kier alpha value is -1.55. The van der Waals surface area contributed by atoms with E-state index in [1.807, 2.05) is 14.1 Å². The van der Waals surface area contributed by atoms with Crippen LogP contribution in [0, 0.1) is 11.8 Å². The fourth-order valence-electron chi connectivity index (χ4n) is 2.95. The zero-order chi connectivity index (χ0) is 15.2. The number of nitrogens with one attached hydrogen (secondary N) is 1. The Morgan fingerprint density at radius 1 is 1.19 bits per heavy atom. The first-order valence-electron chi connectivity index (χ1n) is 7.76. The molecule has 0 amide bonds. The van der Waals surface area contributed by atoms with E-state index in [0.29, 0.717) is 5.92 Å². The van der Waals surface area contributed by atoms with Crippen LogP contribution in [0.2, 0.25) is 0 Å². The number of carboxylic acids is 1. The van der Waals surface area contributed by atoms with E-state index in [-0.39, 0.29) is 5.92 Å². The first kappa shape index (κ1) is 15.8. The Kier molecular flexibility index (Phi) is 5.62. The van der Waals surface area contributed by atoms with Gasteiger partial charge in [-0.2, -0.15) is 0 Å². The molecule has 4 nitrogen and oxygen atoms in total. The van der Waals surface area contributed by atoms with Gasteiger partial charge < -0.3 is 15.3 Å². The quantitative estimate of drug-likeness (QED) is 0.846. The van der Waals surface area contributed by atoms with Gasteiger partial charge in [0.25, 0.3) is 0 Å². The summed E-state index contributed by atoms with van der Waals surface area (Å²) in [5, 5.41) is 12.5. The molecule has 0 atom stereocenters. The minimum absolute atomic E-state index is 0.111. The Morgan fingerprint density at radius 2 is 1.81 bits per heavy atom. The maximum Gasteiger partial charge on any atom is 0.306 e. The lowest BCUT2D eigenvalue weighted by Crippen LogP contribution is -2.28. The Labute approximate surface area is 127 Å². The summed E-state index contributed by atoms with van der Waals surface area (Å²) in [6.07, 6.45) is 3.73. The lowest BCUT2D eigenvalue weighted by atomic mass is 9.82. The van der Waals surface area contributed by atoms with Gasteiger partial charge in [0, 0.05) is 26.3 Å². The fraction of sp³-hybridized carbons (Fsp3) is 0.588. The number of rotatable bonds is 6. The number of hydrogen-bond donors (Lipinski definition) is 2. The highest BCUT2D eigenvalue weighted by Crippen LogP contribution is 2.28.